The van der Waals surface area contributed by atoms with Crippen molar-refractivity contribution in [2.24, 2.45) is 5.92 Å². The highest BCUT2D eigenvalue weighted by Crippen LogP contribution is 2.23. The molecule has 2 aromatic heterocycles. The number of anilines is 1. The molecule has 126 valence electrons. The second kappa shape index (κ2) is 7.81. The predicted molar refractivity (Wildman–Crippen MR) is 90.7 cm³/mol. The van der Waals surface area contributed by atoms with Crippen LogP contribution in [0.4, 0.5) is 5.82 Å². The maximum atomic E-state index is 11.7. The third-order valence-corrected chi connectivity index (χ3v) is 4.42. The Hall–Kier alpha value is -2.57. The lowest BCUT2D eigenvalue weighted by molar-refractivity contribution is 0.0958. The first kappa shape index (κ1) is 16.3. The van der Waals surface area contributed by atoms with E-state index in [0.717, 1.165) is 50.3 Å². The molecule has 2 aromatic rings. The molecule has 3 heterocycles. The zero-order chi connectivity index (χ0) is 16.8. The lowest BCUT2D eigenvalue weighted by atomic mass is 9.95. The Bertz CT molecular complexity index is 678. The Kier molecular flexibility index (Phi) is 5.30. The molecule has 24 heavy (non-hydrogen) atoms. The molecule has 1 atom stereocenters. The summed E-state index contributed by atoms with van der Waals surface area (Å²) in [5.41, 5.74) is 1.36. The van der Waals surface area contributed by atoms with Crippen molar-refractivity contribution < 1.29 is 4.79 Å². The van der Waals surface area contributed by atoms with Crippen LogP contribution in [0, 0.1) is 5.92 Å². The van der Waals surface area contributed by atoms with E-state index in [0.29, 0.717) is 11.6 Å². The van der Waals surface area contributed by atoms with Gasteiger partial charge in [0.2, 0.25) is 0 Å². The molecular weight excluding hydrogens is 304 g/mol. The van der Waals surface area contributed by atoms with E-state index in [-0.39, 0.29) is 5.91 Å². The molecule has 1 aliphatic rings. The molecule has 0 radical (unpaired) electrons. The first-order chi connectivity index (χ1) is 11.8. The van der Waals surface area contributed by atoms with Crippen LogP contribution in [0.3, 0.4) is 0 Å². The number of nitrogens with zero attached hydrogens (tertiary/aromatic N) is 5. The highest BCUT2D eigenvalue weighted by Gasteiger charge is 2.19. The van der Waals surface area contributed by atoms with Gasteiger partial charge in [-0.25, -0.2) is 19.9 Å². The maximum absolute atomic E-state index is 11.7. The standard InChI is InChI=1S/C17H22N6O/c1-18-17(24)15-10-14(20-12-21-15)9-13-3-2-7-23(8-5-13)16-4-6-19-11-22-16/h4,6,10-13H,2-3,5,7-9H2,1H3,(H,18,24)/t13-/m1/s1. The van der Waals surface area contributed by atoms with Crippen molar-refractivity contribution in [1.82, 2.24) is 25.3 Å². The van der Waals surface area contributed by atoms with E-state index in [9.17, 15) is 4.79 Å². The van der Waals surface area contributed by atoms with Crippen molar-refractivity contribution in [3.63, 3.8) is 0 Å². The fourth-order valence-corrected chi connectivity index (χ4v) is 3.13. The average molecular weight is 326 g/mol. The second-order valence-electron chi connectivity index (χ2n) is 6.03. The molecule has 0 spiro atoms. The van der Waals surface area contributed by atoms with E-state index in [1.54, 1.807) is 25.6 Å². The molecule has 1 fully saturated rings. The summed E-state index contributed by atoms with van der Waals surface area (Å²) in [6, 6.07) is 3.76. The molecular formula is C17H22N6O. The van der Waals surface area contributed by atoms with Gasteiger partial charge in [0.1, 0.15) is 24.2 Å². The second-order valence-corrected chi connectivity index (χ2v) is 6.03. The van der Waals surface area contributed by atoms with E-state index >= 15 is 0 Å². The monoisotopic (exact) mass is 326 g/mol. The van der Waals surface area contributed by atoms with Gasteiger partial charge in [-0.15, -0.1) is 0 Å². The highest BCUT2D eigenvalue weighted by atomic mass is 16.1. The summed E-state index contributed by atoms with van der Waals surface area (Å²) in [7, 11) is 1.61. The number of nitrogens with one attached hydrogen (secondary N) is 1. The number of hydrogen-bond acceptors (Lipinski definition) is 6. The Balaban J connectivity index is 1.62. The first-order valence-electron chi connectivity index (χ1n) is 8.30. The Morgan fingerprint density at radius 3 is 2.96 bits per heavy atom. The van der Waals surface area contributed by atoms with Gasteiger partial charge in [0.15, 0.2) is 0 Å². The van der Waals surface area contributed by atoms with E-state index < -0.39 is 0 Å². The molecule has 0 saturated carbocycles. The van der Waals surface area contributed by atoms with Gasteiger partial charge in [-0.3, -0.25) is 4.79 Å². The summed E-state index contributed by atoms with van der Waals surface area (Å²) in [6.07, 6.45) is 9.10. The van der Waals surface area contributed by atoms with E-state index in [2.05, 4.69) is 30.2 Å². The van der Waals surface area contributed by atoms with Crippen molar-refractivity contribution in [3.8, 4) is 0 Å². The first-order valence-corrected chi connectivity index (χ1v) is 8.30. The van der Waals surface area contributed by atoms with E-state index in [4.69, 9.17) is 0 Å². The Labute approximate surface area is 141 Å². The van der Waals surface area contributed by atoms with Crippen molar-refractivity contribution in [2.45, 2.75) is 25.7 Å². The van der Waals surface area contributed by atoms with Crippen molar-refractivity contribution in [3.05, 3.63) is 42.4 Å². The molecule has 7 heteroatoms. The molecule has 0 aliphatic carbocycles. The molecule has 3 rings (SSSR count). The van der Waals surface area contributed by atoms with Crippen LogP contribution >= 0.6 is 0 Å². The number of carbonyl (C=O) groups excluding carboxylic acids is 1. The van der Waals surface area contributed by atoms with E-state index in [1.165, 1.54) is 6.33 Å². The molecule has 0 aromatic carbocycles. The smallest absolute Gasteiger partial charge is 0.269 e. The number of aromatic nitrogens is 4. The van der Waals surface area contributed by atoms with Crippen LogP contribution in [0.5, 0.6) is 0 Å². The number of amides is 1. The lowest BCUT2D eigenvalue weighted by Gasteiger charge is -2.21. The van der Waals surface area contributed by atoms with Crippen LogP contribution in [0.1, 0.15) is 35.4 Å². The van der Waals surface area contributed by atoms with Crippen LogP contribution in [0.25, 0.3) is 0 Å². The Morgan fingerprint density at radius 2 is 2.17 bits per heavy atom. The molecule has 1 amide bonds. The quantitative estimate of drug-likeness (QED) is 0.916. The topological polar surface area (TPSA) is 83.9 Å². The van der Waals surface area contributed by atoms with Gasteiger partial charge in [-0.05, 0) is 43.7 Å². The molecule has 1 aliphatic heterocycles. The summed E-state index contributed by atoms with van der Waals surface area (Å²) in [6.45, 7) is 2.00. The summed E-state index contributed by atoms with van der Waals surface area (Å²) in [4.78, 5) is 30.7. The van der Waals surface area contributed by atoms with E-state index in [1.807, 2.05) is 6.07 Å². The van der Waals surface area contributed by atoms with Gasteiger partial charge in [0, 0.05) is 32.0 Å². The largest absolute Gasteiger partial charge is 0.357 e. The van der Waals surface area contributed by atoms with Gasteiger partial charge in [-0.1, -0.05) is 0 Å². The van der Waals surface area contributed by atoms with Crippen LogP contribution in [-0.2, 0) is 6.42 Å². The molecule has 0 bridgehead atoms. The minimum Gasteiger partial charge on any atom is -0.357 e. The Morgan fingerprint density at radius 1 is 1.25 bits per heavy atom. The molecule has 1 N–H and O–H groups in total. The maximum Gasteiger partial charge on any atom is 0.269 e. The summed E-state index contributed by atoms with van der Waals surface area (Å²) >= 11 is 0. The predicted octanol–water partition coefficient (Wildman–Crippen LogP) is 1.48. The zero-order valence-corrected chi connectivity index (χ0v) is 13.9. The fourth-order valence-electron chi connectivity index (χ4n) is 3.13. The fraction of sp³-hybridized carbons (Fsp3) is 0.471. The summed E-state index contributed by atoms with van der Waals surface area (Å²) < 4.78 is 0. The molecule has 0 unspecified atom stereocenters. The van der Waals surface area contributed by atoms with Crippen LogP contribution in [0.15, 0.2) is 31.0 Å². The van der Waals surface area contributed by atoms with Crippen LogP contribution in [0.2, 0.25) is 0 Å². The number of rotatable bonds is 4. The van der Waals surface area contributed by atoms with Gasteiger partial charge < -0.3 is 10.2 Å². The zero-order valence-electron chi connectivity index (χ0n) is 13.9. The van der Waals surface area contributed by atoms with Crippen LogP contribution < -0.4 is 10.2 Å². The van der Waals surface area contributed by atoms with Gasteiger partial charge >= 0.3 is 0 Å². The van der Waals surface area contributed by atoms with Crippen LogP contribution in [-0.4, -0.2) is 46.0 Å². The van der Waals surface area contributed by atoms with Gasteiger partial charge in [-0.2, -0.15) is 0 Å². The molecule has 1 saturated heterocycles. The van der Waals surface area contributed by atoms with Crippen molar-refractivity contribution in [1.29, 1.82) is 0 Å². The average Bonchev–Trinajstić information content (AvgIpc) is 2.87. The highest BCUT2D eigenvalue weighted by molar-refractivity contribution is 5.91. The third-order valence-electron chi connectivity index (χ3n) is 4.42. The number of hydrogen-bond donors (Lipinski definition) is 1. The minimum atomic E-state index is -0.172. The normalized spacial score (nSPS) is 18.0. The third kappa shape index (κ3) is 4.04. The van der Waals surface area contributed by atoms with Crippen molar-refractivity contribution >= 4 is 11.7 Å². The summed E-state index contributed by atoms with van der Waals surface area (Å²) in [5, 5.41) is 2.60. The van der Waals surface area contributed by atoms with Gasteiger partial charge in [0.05, 0.1) is 0 Å². The minimum absolute atomic E-state index is 0.172. The lowest BCUT2D eigenvalue weighted by Crippen LogP contribution is -2.25. The summed E-state index contributed by atoms with van der Waals surface area (Å²) in [5.74, 6) is 1.38. The van der Waals surface area contributed by atoms with Crippen molar-refractivity contribution in [2.75, 3.05) is 25.0 Å². The molecule has 7 nitrogen and oxygen atoms in total. The number of carbonyl (C=O) groups is 1. The SMILES string of the molecule is CNC(=O)c1cc(C[C@@H]2CCCN(c3ccncn3)CC2)ncn1. The van der Waals surface area contributed by atoms with Gasteiger partial charge in [0.25, 0.3) is 5.91 Å².